The zero-order valence-electron chi connectivity index (χ0n) is 13.0. The molecule has 8 heteroatoms. The van der Waals surface area contributed by atoms with Gasteiger partial charge in [-0.2, -0.15) is 12.7 Å². The summed E-state index contributed by atoms with van der Waals surface area (Å²) in [5.74, 6) is 0. The van der Waals surface area contributed by atoms with Crippen LogP contribution in [0.15, 0.2) is 0 Å². The van der Waals surface area contributed by atoms with Crippen LogP contribution in [0.4, 0.5) is 0 Å². The van der Waals surface area contributed by atoms with E-state index in [4.69, 9.17) is 4.74 Å². The summed E-state index contributed by atoms with van der Waals surface area (Å²) in [6.07, 6.45) is 0.742. The van der Waals surface area contributed by atoms with Gasteiger partial charge in [-0.05, 0) is 26.8 Å². The molecule has 0 aromatic carbocycles. The molecule has 0 aromatic rings. The van der Waals surface area contributed by atoms with Gasteiger partial charge in [0.2, 0.25) is 0 Å². The molecule has 0 bridgehead atoms. The Bertz CT molecular complexity index is 402. The molecule has 2 fully saturated rings. The molecule has 2 aliphatic rings. The molecule has 0 radical (unpaired) electrons. The largest absolute Gasteiger partial charge is 0.373 e. The SMILES string of the molecule is CC1CN(S(=O)(=O)NCCCN2CCNCC2)CC(C)O1. The van der Waals surface area contributed by atoms with E-state index in [0.29, 0.717) is 19.6 Å². The number of piperazine rings is 1. The lowest BCUT2D eigenvalue weighted by Gasteiger charge is -2.34. The molecular formula is C13H28N4O3S. The predicted octanol–water partition coefficient (Wildman–Crippen LogP) is -0.775. The van der Waals surface area contributed by atoms with Crippen molar-refractivity contribution in [1.82, 2.24) is 19.2 Å². The quantitative estimate of drug-likeness (QED) is 0.629. The van der Waals surface area contributed by atoms with E-state index in [-0.39, 0.29) is 12.2 Å². The van der Waals surface area contributed by atoms with Crippen LogP contribution in [0.25, 0.3) is 0 Å². The summed E-state index contributed by atoms with van der Waals surface area (Å²) in [5, 5.41) is 3.31. The maximum atomic E-state index is 12.3. The number of nitrogens with one attached hydrogen (secondary N) is 2. The molecule has 2 aliphatic heterocycles. The van der Waals surface area contributed by atoms with Gasteiger partial charge in [0, 0.05) is 45.8 Å². The minimum Gasteiger partial charge on any atom is -0.373 e. The van der Waals surface area contributed by atoms with Gasteiger partial charge < -0.3 is 15.0 Å². The van der Waals surface area contributed by atoms with Gasteiger partial charge in [0.1, 0.15) is 0 Å². The van der Waals surface area contributed by atoms with Crippen molar-refractivity contribution >= 4 is 10.2 Å². The topological polar surface area (TPSA) is 73.9 Å². The van der Waals surface area contributed by atoms with Crippen molar-refractivity contribution in [1.29, 1.82) is 0 Å². The molecular weight excluding hydrogens is 292 g/mol. The fourth-order valence-corrected chi connectivity index (χ4v) is 4.25. The lowest BCUT2D eigenvalue weighted by Crippen LogP contribution is -2.52. The van der Waals surface area contributed by atoms with Crippen molar-refractivity contribution < 1.29 is 13.2 Å². The molecule has 2 rings (SSSR count). The molecule has 2 unspecified atom stereocenters. The number of ether oxygens (including phenoxy) is 1. The van der Waals surface area contributed by atoms with Crippen LogP contribution in [0.2, 0.25) is 0 Å². The second-order valence-corrected chi connectivity index (χ2v) is 7.67. The molecule has 0 aromatic heterocycles. The molecule has 0 aliphatic carbocycles. The number of hydrogen-bond donors (Lipinski definition) is 2. The molecule has 2 atom stereocenters. The molecule has 2 saturated heterocycles. The van der Waals surface area contributed by atoms with Gasteiger partial charge in [0.25, 0.3) is 10.2 Å². The van der Waals surface area contributed by atoms with E-state index >= 15 is 0 Å². The van der Waals surface area contributed by atoms with E-state index in [2.05, 4.69) is 14.9 Å². The Morgan fingerprint density at radius 3 is 2.43 bits per heavy atom. The lowest BCUT2D eigenvalue weighted by molar-refractivity contribution is -0.0443. The van der Waals surface area contributed by atoms with E-state index in [1.165, 1.54) is 4.31 Å². The van der Waals surface area contributed by atoms with E-state index in [1.807, 2.05) is 13.8 Å². The summed E-state index contributed by atoms with van der Waals surface area (Å²) < 4.78 is 34.3. The third-order valence-electron chi connectivity index (χ3n) is 3.87. The first kappa shape index (κ1) is 17.1. The van der Waals surface area contributed by atoms with Gasteiger partial charge in [-0.3, -0.25) is 0 Å². The van der Waals surface area contributed by atoms with Crippen molar-refractivity contribution in [3.05, 3.63) is 0 Å². The summed E-state index contributed by atoms with van der Waals surface area (Å²) >= 11 is 0. The normalized spacial score (nSPS) is 29.6. The zero-order valence-corrected chi connectivity index (χ0v) is 13.9. The fraction of sp³-hybridized carbons (Fsp3) is 1.00. The third-order valence-corrected chi connectivity index (χ3v) is 5.42. The van der Waals surface area contributed by atoms with Crippen LogP contribution in [0.3, 0.4) is 0 Å². The van der Waals surface area contributed by atoms with Gasteiger partial charge in [-0.15, -0.1) is 0 Å². The highest BCUT2D eigenvalue weighted by atomic mass is 32.2. The molecule has 2 heterocycles. The first-order valence-corrected chi connectivity index (χ1v) is 9.24. The van der Waals surface area contributed by atoms with Crippen LogP contribution in [0.5, 0.6) is 0 Å². The minimum absolute atomic E-state index is 0.0498. The van der Waals surface area contributed by atoms with Crippen molar-refractivity contribution in [2.24, 2.45) is 0 Å². The van der Waals surface area contributed by atoms with E-state index in [9.17, 15) is 8.42 Å². The van der Waals surface area contributed by atoms with E-state index in [0.717, 1.165) is 39.1 Å². The predicted molar refractivity (Wildman–Crippen MR) is 82.4 cm³/mol. The van der Waals surface area contributed by atoms with Crippen molar-refractivity contribution in [2.75, 3.05) is 52.4 Å². The highest BCUT2D eigenvalue weighted by molar-refractivity contribution is 7.87. The Balaban J connectivity index is 1.70. The maximum Gasteiger partial charge on any atom is 0.279 e. The van der Waals surface area contributed by atoms with Crippen molar-refractivity contribution in [2.45, 2.75) is 32.5 Å². The summed E-state index contributed by atoms with van der Waals surface area (Å²) in [6.45, 7) is 10.2. The van der Waals surface area contributed by atoms with Crippen LogP contribution in [-0.4, -0.2) is 82.2 Å². The standard InChI is InChI=1S/C13H28N4O3S/c1-12-10-17(11-13(2)20-12)21(18,19)15-4-3-7-16-8-5-14-6-9-16/h12-15H,3-11H2,1-2H3. The first-order valence-electron chi connectivity index (χ1n) is 7.80. The van der Waals surface area contributed by atoms with Crippen LogP contribution in [0.1, 0.15) is 20.3 Å². The van der Waals surface area contributed by atoms with Crippen LogP contribution in [0, 0.1) is 0 Å². The number of nitrogens with zero attached hydrogens (tertiary/aromatic N) is 2. The Morgan fingerprint density at radius 2 is 1.81 bits per heavy atom. The van der Waals surface area contributed by atoms with Gasteiger partial charge in [-0.25, -0.2) is 4.72 Å². The Hall–Kier alpha value is -0.250. The summed E-state index contributed by atoms with van der Waals surface area (Å²) in [7, 11) is -3.38. The molecule has 2 N–H and O–H groups in total. The molecule has 21 heavy (non-hydrogen) atoms. The zero-order chi connectivity index (χ0) is 15.3. The van der Waals surface area contributed by atoms with Gasteiger partial charge in [0.15, 0.2) is 0 Å². The highest BCUT2D eigenvalue weighted by Gasteiger charge is 2.30. The third kappa shape index (κ3) is 5.46. The summed E-state index contributed by atoms with van der Waals surface area (Å²) in [6, 6.07) is 0. The van der Waals surface area contributed by atoms with Crippen LogP contribution in [-0.2, 0) is 14.9 Å². The van der Waals surface area contributed by atoms with Crippen molar-refractivity contribution in [3.63, 3.8) is 0 Å². The second kappa shape index (κ2) is 7.85. The fourth-order valence-electron chi connectivity index (χ4n) is 2.86. The number of rotatable bonds is 6. The smallest absolute Gasteiger partial charge is 0.279 e. The Kier molecular flexibility index (Phi) is 6.39. The molecule has 124 valence electrons. The second-order valence-electron chi connectivity index (χ2n) is 5.92. The summed E-state index contributed by atoms with van der Waals surface area (Å²) in [4.78, 5) is 2.36. The van der Waals surface area contributed by atoms with Crippen LogP contribution < -0.4 is 10.0 Å². The first-order chi connectivity index (χ1) is 9.97. The Labute approximate surface area is 128 Å². The van der Waals surface area contributed by atoms with Gasteiger partial charge in [-0.1, -0.05) is 0 Å². The monoisotopic (exact) mass is 320 g/mol. The number of morpholine rings is 1. The molecule has 0 saturated carbocycles. The van der Waals surface area contributed by atoms with Gasteiger partial charge >= 0.3 is 0 Å². The lowest BCUT2D eigenvalue weighted by atomic mass is 10.3. The van der Waals surface area contributed by atoms with Crippen LogP contribution >= 0.6 is 0 Å². The highest BCUT2D eigenvalue weighted by Crippen LogP contribution is 2.13. The molecule has 7 nitrogen and oxygen atoms in total. The number of hydrogen-bond acceptors (Lipinski definition) is 5. The van der Waals surface area contributed by atoms with Crippen molar-refractivity contribution in [3.8, 4) is 0 Å². The summed E-state index contributed by atoms with van der Waals surface area (Å²) in [5.41, 5.74) is 0. The minimum atomic E-state index is -3.38. The molecule has 0 spiro atoms. The average Bonchev–Trinajstić information content (AvgIpc) is 2.44. The Morgan fingerprint density at radius 1 is 1.19 bits per heavy atom. The molecule has 0 amide bonds. The average molecular weight is 320 g/mol. The van der Waals surface area contributed by atoms with E-state index < -0.39 is 10.2 Å². The van der Waals surface area contributed by atoms with Gasteiger partial charge in [0.05, 0.1) is 12.2 Å². The maximum absolute atomic E-state index is 12.3. The van der Waals surface area contributed by atoms with E-state index in [1.54, 1.807) is 0 Å².